The fourth-order valence-electron chi connectivity index (χ4n) is 2.41. The summed E-state index contributed by atoms with van der Waals surface area (Å²) in [6.07, 6.45) is 2.70. The molecule has 0 aliphatic carbocycles. The molecule has 2 unspecified atom stereocenters. The molecule has 7 nitrogen and oxygen atoms in total. The van der Waals surface area contributed by atoms with Crippen LogP contribution in [0, 0.1) is 0 Å². The van der Waals surface area contributed by atoms with Crippen LogP contribution in [-0.4, -0.2) is 63.2 Å². The van der Waals surface area contributed by atoms with Crippen LogP contribution in [-0.2, 0) is 22.9 Å². The molecule has 1 aliphatic heterocycles. The molecule has 0 spiro atoms. The number of carbonyl (C=O) groups excluding carboxylic acids is 1. The zero-order valence-corrected chi connectivity index (χ0v) is 13.7. The summed E-state index contributed by atoms with van der Waals surface area (Å²) in [7, 11) is 1.87. The number of carbonyl (C=O) groups is 1. The maximum Gasteiger partial charge on any atom is 0.410 e. The van der Waals surface area contributed by atoms with Gasteiger partial charge in [-0.05, 0) is 20.8 Å². The van der Waals surface area contributed by atoms with E-state index in [0.717, 1.165) is 5.82 Å². The number of ether oxygens (including phenoxy) is 2. The van der Waals surface area contributed by atoms with Crippen LogP contribution in [0.15, 0.2) is 12.4 Å². The van der Waals surface area contributed by atoms with E-state index < -0.39 is 23.8 Å². The predicted molar refractivity (Wildman–Crippen MR) is 80.5 cm³/mol. The number of aliphatic hydroxyl groups excluding tert-OH is 1. The van der Waals surface area contributed by atoms with Crippen molar-refractivity contribution in [2.45, 2.75) is 44.9 Å². The summed E-state index contributed by atoms with van der Waals surface area (Å²) in [6.45, 7) is 6.63. The maximum atomic E-state index is 12.3. The monoisotopic (exact) mass is 311 g/mol. The lowest BCUT2D eigenvalue weighted by molar-refractivity contribution is -0.0664. The highest BCUT2D eigenvalue weighted by atomic mass is 16.6. The summed E-state index contributed by atoms with van der Waals surface area (Å²) in [5.74, 6) is 0.766. The number of rotatable bonds is 3. The minimum atomic E-state index is -0.756. The normalized spacial score (nSPS) is 20.8. The Bertz CT molecular complexity index is 509. The first kappa shape index (κ1) is 16.8. The summed E-state index contributed by atoms with van der Waals surface area (Å²) in [5, 5.41) is 10.5. The Morgan fingerprint density at radius 1 is 1.59 bits per heavy atom. The smallest absolute Gasteiger partial charge is 0.410 e. The summed E-state index contributed by atoms with van der Waals surface area (Å²) < 4.78 is 12.7. The van der Waals surface area contributed by atoms with Crippen LogP contribution in [0.5, 0.6) is 0 Å². The number of aryl methyl sites for hydroxylation is 1. The second kappa shape index (κ2) is 6.66. The molecule has 1 aliphatic rings. The lowest BCUT2D eigenvalue weighted by Gasteiger charge is -2.38. The Morgan fingerprint density at radius 2 is 2.32 bits per heavy atom. The Labute approximate surface area is 130 Å². The molecular formula is C15H25N3O4. The minimum absolute atomic E-state index is 0.296. The summed E-state index contributed by atoms with van der Waals surface area (Å²) in [4.78, 5) is 18.1. The molecule has 1 amide bonds. The number of aliphatic hydroxyl groups is 1. The van der Waals surface area contributed by atoms with Gasteiger partial charge in [-0.25, -0.2) is 9.78 Å². The van der Waals surface area contributed by atoms with E-state index in [1.165, 1.54) is 0 Å². The number of nitrogens with zero attached hydrogens (tertiary/aromatic N) is 3. The van der Waals surface area contributed by atoms with E-state index in [0.29, 0.717) is 26.2 Å². The molecule has 0 saturated carbocycles. The van der Waals surface area contributed by atoms with Gasteiger partial charge >= 0.3 is 6.09 Å². The van der Waals surface area contributed by atoms with Crippen LogP contribution in [0.2, 0.25) is 0 Å². The SMILES string of the molecule is Cn1ccnc1CC(O)C1COCCN1C(=O)OC(C)(C)C. The molecule has 1 aromatic heterocycles. The van der Waals surface area contributed by atoms with Crippen molar-refractivity contribution in [2.75, 3.05) is 19.8 Å². The Morgan fingerprint density at radius 3 is 2.91 bits per heavy atom. The first-order valence-electron chi connectivity index (χ1n) is 7.49. The van der Waals surface area contributed by atoms with Crippen LogP contribution in [0.3, 0.4) is 0 Å². The topological polar surface area (TPSA) is 76.8 Å². The minimum Gasteiger partial charge on any atom is -0.444 e. The van der Waals surface area contributed by atoms with Gasteiger partial charge in [0.1, 0.15) is 11.4 Å². The highest BCUT2D eigenvalue weighted by Crippen LogP contribution is 2.18. The summed E-state index contributed by atoms with van der Waals surface area (Å²) >= 11 is 0. The first-order chi connectivity index (χ1) is 10.3. The van der Waals surface area contributed by atoms with E-state index in [1.54, 1.807) is 11.1 Å². The highest BCUT2D eigenvalue weighted by Gasteiger charge is 2.35. The molecule has 1 saturated heterocycles. The molecule has 0 aromatic carbocycles. The number of hydrogen-bond donors (Lipinski definition) is 1. The van der Waals surface area contributed by atoms with Crippen molar-refractivity contribution >= 4 is 6.09 Å². The van der Waals surface area contributed by atoms with Crippen LogP contribution in [0.4, 0.5) is 4.79 Å². The largest absolute Gasteiger partial charge is 0.444 e. The molecular weight excluding hydrogens is 286 g/mol. The number of hydrogen-bond acceptors (Lipinski definition) is 5. The first-order valence-corrected chi connectivity index (χ1v) is 7.49. The standard InChI is InChI=1S/C15H25N3O4/c1-15(2,3)22-14(20)18-7-8-21-10-11(18)12(19)9-13-16-5-6-17(13)4/h5-6,11-12,19H,7-10H2,1-4H3. The second-order valence-corrected chi connectivity index (χ2v) is 6.54. The van der Waals surface area contributed by atoms with E-state index in [9.17, 15) is 9.90 Å². The van der Waals surface area contributed by atoms with Crippen LogP contribution >= 0.6 is 0 Å². The molecule has 0 radical (unpaired) electrons. The van der Waals surface area contributed by atoms with Gasteiger partial charge in [0.2, 0.25) is 0 Å². The zero-order valence-electron chi connectivity index (χ0n) is 13.7. The number of imidazole rings is 1. The average molecular weight is 311 g/mol. The quantitative estimate of drug-likeness (QED) is 0.900. The van der Waals surface area contributed by atoms with Gasteiger partial charge in [-0.15, -0.1) is 0 Å². The van der Waals surface area contributed by atoms with Crippen molar-refractivity contribution in [3.63, 3.8) is 0 Å². The van der Waals surface area contributed by atoms with Gasteiger partial charge in [0.15, 0.2) is 0 Å². The van der Waals surface area contributed by atoms with E-state index >= 15 is 0 Å². The third-order valence-electron chi connectivity index (χ3n) is 3.55. The Balaban J connectivity index is 2.05. The van der Waals surface area contributed by atoms with Gasteiger partial charge in [0, 0.05) is 32.4 Å². The Kier molecular flexibility index (Phi) is 5.08. The van der Waals surface area contributed by atoms with Crippen LogP contribution in [0.1, 0.15) is 26.6 Å². The molecule has 7 heteroatoms. The molecule has 1 fully saturated rings. The predicted octanol–water partition coefficient (Wildman–Crippen LogP) is 0.959. The Hall–Kier alpha value is -1.60. The van der Waals surface area contributed by atoms with Crippen molar-refractivity contribution in [1.29, 1.82) is 0 Å². The fraction of sp³-hybridized carbons (Fsp3) is 0.733. The zero-order chi connectivity index (χ0) is 16.3. The number of aromatic nitrogens is 2. The fourth-order valence-corrected chi connectivity index (χ4v) is 2.41. The van der Waals surface area contributed by atoms with Crippen molar-refractivity contribution in [1.82, 2.24) is 14.5 Å². The third-order valence-corrected chi connectivity index (χ3v) is 3.55. The average Bonchev–Trinajstić information content (AvgIpc) is 2.82. The molecule has 2 atom stereocenters. The molecule has 2 heterocycles. The third kappa shape index (κ3) is 4.20. The summed E-state index contributed by atoms with van der Waals surface area (Å²) in [5.41, 5.74) is -0.565. The highest BCUT2D eigenvalue weighted by molar-refractivity contribution is 5.68. The van der Waals surface area contributed by atoms with Crippen LogP contribution < -0.4 is 0 Å². The van der Waals surface area contributed by atoms with E-state index in [-0.39, 0.29) is 0 Å². The van der Waals surface area contributed by atoms with Gasteiger partial charge < -0.3 is 19.1 Å². The van der Waals surface area contributed by atoms with E-state index in [2.05, 4.69) is 4.98 Å². The van der Waals surface area contributed by atoms with E-state index in [4.69, 9.17) is 9.47 Å². The number of amides is 1. The van der Waals surface area contributed by atoms with Crippen molar-refractivity contribution in [3.05, 3.63) is 18.2 Å². The number of morpholine rings is 1. The molecule has 1 N–H and O–H groups in total. The van der Waals surface area contributed by atoms with Crippen molar-refractivity contribution < 1.29 is 19.4 Å². The maximum absolute atomic E-state index is 12.3. The van der Waals surface area contributed by atoms with Crippen molar-refractivity contribution in [3.8, 4) is 0 Å². The molecule has 0 bridgehead atoms. The van der Waals surface area contributed by atoms with Gasteiger partial charge in [0.05, 0.1) is 25.4 Å². The van der Waals surface area contributed by atoms with Gasteiger partial charge in [-0.2, -0.15) is 0 Å². The van der Waals surface area contributed by atoms with Crippen molar-refractivity contribution in [2.24, 2.45) is 7.05 Å². The molecule has 124 valence electrons. The lowest BCUT2D eigenvalue weighted by atomic mass is 10.1. The van der Waals surface area contributed by atoms with Gasteiger partial charge in [0.25, 0.3) is 0 Å². The molecule has 2 rings (SSSR count). The van der Waals surface area contributed by atoms with Gasteiger partial charge in [-0.3, -0.25) is 4.90 Å². The second-order valence-electron chi connectivity index (χ2n) is 6.54. The van der Waals surface area contributed by atoms with E-state index in [1.807, 2.05) is 38.6 Å². The van der Waals surface area contributed by atoms with Crippen LogP contribution in [0.25, 0.3) is 0 Å². The lowest BCUT2D eigenvalue weighted by Crippen LogP contribution is -2.55. The molecule has 22 heavy (non-hydrogen) atoms. The van der Waals surface area contributed by atoms with Gasteiger partial charge in [-0.1, -0.05) is 0 Å². The summed E-state index contributed by atoms with van der Waals surface area (Å²) in [6, 6.07) is -0.430. The molecule has 1 aromatic rings.